The molecule has 2 heterocycles. The van der Waals surface area contributed by atoms with Gasteiger partial charge in [-0.15, -0.1) is 29.3 Å². The first-order chi connectivity index (χ1) is 32.2. The van der Waals surface area contributed by atoms with E-state index in [1.807, 2.05) is 54.6 Å². The quantitative estimate of drug-likeness (QED) is 0.162. The van der Waals surface area contributed by atoms with Crippen molar-refractivity contribution in [2.24, 2.45) is 0 Å². The number of aromatic hydroxyl groups is 1. The van der Waals surface area contributed by atoms with Gasteiger partial charge in [0.15, 0.2) is 0 Å². The molecule has 62 heavy (non-hydrogen) atoms. The normalized spacial score (nSPS) is 13.5. The zero-order chi connectivity index (χ0) is 48.4. The number of pyridine rings is 1. The Bertz CT molecular complexity index is 3380. The first-order valence-electron chi connectivity index (χ1n) is 24.0. The Morgan fingerprint density at radius 1 is 0.597 bits per heavy atom. The van der Waals surface area contributed by atoms with Crippen LogP contribution in [-0.2, 0) is 31.9 Å². The Hall–Kier alpha value is -6.35. The van der Waals surface area contributed by atoms with Crippen molar-refractivity contribution in [2.45, 2.75) is 59.2 Å². The smallest absolute Gasteiger partial charge is 0.148 e. The summed E-state index contributed by atoms with van der Waals surface area (Å²) in [7, 11) is 0. The summed E-state index contributed by atoms with van der Waals surface area (Å²) in [6, 6.07) is 47.6. The van der Waals surface area contributed by atoms with Gasteiger partial charge in [0.1, 0.15) is 11.6 Å². The Morgan fingerprint density at radius 3 is 1.90 bits per heavy atom. The summed E-state index contributed by atoms with van der Waals surface area (Å²) in [5, 5.41) is 11.6. The number of benzene rings is 7. The SMILES string of the molecule is [2H]c1c([2H])c(C([2H])([2H])[2H])c([2H])c([2H])c1-c1ccnc(-c2[c-]c(-c3cccc4c3nc(-c3ccccc3O)n4-c3cc(-c4ccccc4)c(C(C)(C)C)cc3-c3ccccc3)cc(C(C)(C)C)c2)c1.[Pt]. The van der Waals surface area contributed by atoms with E-state index in [0.29, 0.717) is 33.7 Å². The molecule has 0 fully saturated rings. The molecule has 0 saturated carbocycles. The first-order valence-corrected chi connectivity index (χ1v) is 20.5. The van der Waals surface area contributed by atoms with Crippen LogP contribution in [0.3, 0.4) is 0 Å². The van der Waals surface area contributed by atoms with Crippen LogP contribution in [0.15, 0.2) is 170 Å². The summed E-state index contributed by atoms with van der Waals surface area (Å²) < 4.78 is 60.6. The summed E-state index contributed by atoms with van der Waals surface area (Å²) in [4.78, 5) is 10.2. The van der Waals surface area contributed by atoms with Crippen LogP contribution in [0.1, 0.15) is 67.8 Å². The van der Waals surface area contributed by atoms with Crippen molar-refractivity contribution in [3.63, 3.8) is 0 Å². The van der Waals surface area contributed by atoms with Gasteiger partial charge in [-0.25, -0.2) is 4.98 Å². The number of rotatable bonds is 7. The topological polar surface area (TPSA) is 50.9 Å². The predicted octanol–water partition coefficient (Wildman–Crippen LogP) is 14.8. The predicted molar refractivity (Wildman–Crippen MR) is 254 cm³/mol. The van der Waals surface area contributed by atoms with E-state index >= 15 is 0 Å². The average molecular weight is 995 g/mol. The molecule has 0 amide bonds. The Kier molecular flexibility index (Phi) is 9.30. The molecule has 0 unspecified atom stereocenters. The Morgan fingerprint density at radius 2 is 1.24 bits per heavy atom. The van der Waals surface area contributed by atoms with E-state index in [9.17, 15) is 5.11 Å². The van der Waals surface area contributed by atoms with Crippen LogP contribution in [-0.4, -0.2) is 19.6 Å². The van der Waals surface area contributed by atoms with Gasteiger partial charge in [-0.3, -0.25) is 9.55 Å². The molecule has 0 bridgehead atoms. The molecule has 1 N–H and O–H groups in total. The van der Waals surface area contributed by atoms with Gasteiger partial charge in [-0.2, -0.15) is 0 Å². The molecule has 0 spiro atoms. The monoisotopic (exact) mass is 994 g/mol. The molecule has 4 nitrogen and oxygen atoms in total. The zero-order valence-electron chi connectivity index (χ0n) is 42.5. The third-order valence-corrected chi connectivity index (χ3v) is 11.2. The number of imidazole rings is 1. The van der Waals surface area contributed by atoms with Crippen molar-refractivity contribution in [3.05, 3.63) is 193 Å². The summed E-state index contributed by atoms with van der Waals surface area (Å²) in [5.74, 6) is 0.641. The van der Waals surface area contributed by atoms with E-state index in [1.165, 1.54) is 5.56 Å². The van der Waals surface area contributed by atoms with Crippen LogP contribution in [0, 0.1) is 12.9 Å². The van der Waals surface area contributed by atoms with Crippen molar-refractivity contribution in [1.29, 1.82) is 0 Å². The van der Waals surface area contributed by atoms with Gasteiger partial charge in [-0.05, 0) is 87.5 Å². The fourth-order valence-electron chi connectivity index (χ4n) is 7.98. The first kappa shape index (κ1) is 34.3. The van der Waals surface area contributed by atoms with Gasteiger partial charge in [0, 0.05) is 42.6 Å². The van der Waals surface area contributed by atoms with Gasteiger partial charge in [-0.1, -0.05) is 173 Å². The van der Waals surface area contributed by atoms with Crippen molar-refractivity contribution in [3.8, 4) is 78.6 Å². The maximum absolute atomic E-state index is 11.6. The number of hydrogen-bond donors (Lipinski definition) is 1. The minimum Gasteiger partial charge on any atom is -0.507 e. The van der Waals surface area contributed by atoms with E-state index in [1.54, 1.807) is 30.5 Å². The van der Waals surface area contributed by atoms with Crippen LogP contribution in [0.5, 0.6) is 5.75 Å². The molecule has 0 saturated heterocycles. The van der Waals surface area contributed by atoms with Gasteiger partial charge in [0.05, 0.1) is 27.8 Å². The summed E-state index contributed by atoms with van der Waals surface area (Å²) in [6.07, 6.45) is 1.55. The van der Waals surface area contributed by atoms with Crippen molar-refractivity contribution in [1.82, 2.24) is 14.5 Å². The van der Waals surface area contributed by atoms with Gasteiger partial charge < -0.3 is 5.11 Å². The molecule has 9 rings (SSSR count). The largest absolute Gasteiger partial charge is 0.507 e. The van der Waals surface area contributed by atoms with Crippen molar-refractivity contribution < 1.29 is 35.8 Å². The minimum absolute atomic E-state index is 0. The third kappa shape index (κ3) is 8.20. The van der Waals surface area contributed by atoms with E-state index < -0.39 is 36.6 Å². The molecular formula is C57H50N3OPt-. The third-order valence-electron chi connectivity index (χ3n) is 11.2. The number of para-hydroxylation sites is 2. The molecule has 5 heteroatoms. The van der Waals surface area contributed by atoms with E-state index in [4.69, 9.17) is 19.6 Å². The molecule has 7 aromatic carbocycles. The Labute approximate surface area is 390 Å². The molecule has 0 aliphatic rings. The number of hydrogen-bond acceptors (Lipinski definition) is 3. The molecule has 9 aromatic rings. The molecule has 0 aliphatic carbocycles. The van der Waals surface area contributed by atoms with Crippen molar-refractivity contribution >= 4 is 11.0 Å². The average Bonchev–Trinajstić information content (AvgIpc) is 3.70. The second kappa shape index (κ2) is 16.8. The summed E-state index contributed by atoms with van der Waals surface area (Å²) in [6.45, 7) is 10.2. The standard InChI is InChI=1S/C57H50N3O.Pt/c1-37-25-27-38(28-26-37)41-29-30-58-50(34-41)43-31-42(32-44(33-43)56(2,3)4)45-22-16-23-51-54(45)59-55(46-21-14-15-24-53(46)61)60(51)52-36-47(39-17-10-8-11-18-39)49(57(5,6)7)35-48(52)40-19-12-9-13-20-40;/h8-30,32-36,61H,1-7H3;/q-1;/i1D3,25D,26D,27D,28D;. The van der Waals surface area contributed by atoms with Crippen LogP contribution in [0.2, 0.25) is 0 Å². The summed E-state index contributed by atoms with van der Waals surface area (Å²) >= 11 is 0. The number of phenols is 1. The Balaban J connectivity index is 0.00000642. The van der Waals surface area contributed by atoms with E-state index in [-0.39, 0.29) is 43.2 Å². The molecule has 2 aromatic heterocycles. The van der Waals surface area contributed by atoms with E-state index in [0.717, 1.165) is 50.1 Å². The number of nitrogens with zero attached hydrogens (tertiary/aromatic N) is 3. The molecule has 310 valence electrons. The maximum atomic E-state index is 11.6. The van der Waals surface area contributed by atoms with Crippen molar-refractivity contribution in [2.75, 3.05) is 0 Å². The fraction of sp³-hybridized carbons (Fsp3) is 0.158. The molecule has 0 aliphatic heterocycles. The van der Waals surface area contributed by atoms with Crippen LogP contribution in [0.25, 0.3) is 83.9 Å². The molecular weight excluding hydrogens is 938 g/mol. The van der Waals surface area contributed by atoms with Gasteiger partial charge in [0.2, 0.25) is 0 Å². The van der Waals surface area contributed by atoms with Gasteiger partial charge in [0.25, 0.3) is 0 Å². The van der Waals surface area contributed by atoms with Crippen LogP contribution < -0.4 is 0 Å². The number of phenolic OH excluding ortho intramolecular Hbond substituents is 1. The molecule has 0 atom stereocenters. The fourth-order valence-corrected chi connectivity index (χ4v) is 7.98. The maximum Gasteiger partial charge on any atom is 0.148 e. The zero-order valence-corrected chi connectivity index (χ0v) is 37.7. The van der Waals surface area contributed by atoms with Crippen LogP contribution in [0.4, 0.5) is 0 Å². The second-order valence-electron chi connectivity index (χ2n) is 17.5. The number of fused-ring (bicyclic) bond motifs is 1. The number of aromatic nitrogens is 3. The summed E-state index contributed by atoms with van der Waals surface area (Å²) in [5.41, 5.74) is 11.1. The van der Waals surface area contributed by atoms with Crippen LogP contribution >= 0.6 is 0 Å². The van der Waals surface area contributed by atoms with Gasteiger partial charge >= 0.3 is 0 Å². The second-order valence-corrected chi connectivity index (χ2v) is 17.5. The minimum atomic E-state index is -2.83. The van der Waals surface area contributed by atoms with E-state index in [2.05, 4.69) is 113 Å². The molecule has 0 radical (unpaired) electrons.